The summed E-state index contributed by atoms with van der Waals surface area (Å²) in [7, 11) is 0. The highest BCUT2D eigenvalue weighted by Gasteiger charge is 2.30. The summed E-state index contributed by atoms with van der Waals surface area (Å²) >= 11 is 5.74. The van der Waals surface area contributed by atoms with Gasteiger partial charge in [0.2, 0.25) is 0 Å². The fourth-order valence-corrected chi connectivity index (χ4v) is 2.99. The fraction of sp³-hybridized carbons (Fsp3) is 0.571. The molecule has 1 unspecified atom stereocenters. The molecule has 1 aliphatic rings. The number of aromatic nitrogens is 1. The van der Waals surface area contributed by atoms with E-state index in [1.165, 1.54) is 6.07 Å². The van der Waals surface area contributed by atoms with Gasteiger partial charge in [-0.05, 0) is 30.7 Å². The summed E-state index contributed by atoms with van der Waals surface area (Å²) in [6, 6.07) is 1.27. The number of amides is 1. The van der Waals surface area contributed by atoms with Gasteiger partial charge in [0, 0.05) is 6.04 Å². The molecule has 1 aromatic rings. The predicted molar refractivity (Wildman–Crippen MR) is 79.4 cm³/mol. The van der Waals surface area contributed by atoms with Crippen LogP contribution in [0.25, 0.3) is 0 Å². The normalized spacial score (nSPS) is 20.8. The average Bonchev–Trinajstić information content (AvgIpc) is 2.36. The largest absolute Gasteiger partial charge is 0.349 e. The van der Waals surface area contributed by atoms with E-state index in [4.69, 9.17) is 11.6 Å². The minimum Gasteiger partial charge on any atom is -0.349 e. The number of pyridine rings is 1. The molecule has 7 heteroatoms. The van der Waals surface area contributed by atoms with Gasteiger partial charge in [-0.1, -0.05) is 31.9 Å². The second-order valence-electron chi connectivity index (χ2n) is 6.21. The molecule has 1 amide bonds. The molecule has 2 rings (SSSR count). The smallest absolute Gasteiger partial charge is 0.300 e. The van der Waals surface area contributed by atoms with Crippen molar-refractivity contribution in [3.05, 3.63) is 33.1 Å². The van der Waals surface area contributed by atoms with Gasteiger partial charge in [-0.25, -0.2) is 4.98 Å². The summed E-state index contributed by atoms with van der Waals surface area (Å²) in [6.07, 6.45) is 4.94. The fourth-order valence-electron chi connectivity index (χ4n) is 2.83. The average molecular weight is 312 g/mol. The topological polar surface area (TPSA) is 85.1 Å². The van der Waals surface area contributed by atoms with Crippen LogP contribution in [-0.2, 0) is 0 Å². The summed E-state index contributed by atoms with van der Waals surface area (Å²) in [5.41, 5.74) is -0.187. The van der Waals surface area contributed by atoms with Crippen molar-refractivity contribution in [2.45, 2.75) is 45.6 Å². The third-order valence-corrected chi connectivity index (χ3v) is 4.04. The molecule has 0 spiro atoms. The molecule has 1 saturated carbocycles. The van der Waals surface area contributed by atoms with Crippen molar-refractivity contribution in [1.29, 1.82) is 0 Å². The lowest BCUT2D eigenvalue weighted by atomic mass is 9.75. The van der Waals surface area contributed by atoms with E-state index >= 15 is 0 Å². The van der Waals surface area contributed by atoms with Crippen molar-refractivity contribution in [1.82, 2.24) is 10.3 Å². The van der Waals surface area contributed by atoms with E-state index in [2.05, 4.69) is 24.1 Å². The zero-order valence-electron chi connectivity index (χ0n) is 12.1. The molecule has 114 valence electrons. The first kappa shape index (κ1) is 15.7. The first-order valence-electron chi connectivity index (χ1n) is 6.89. The molecular weight excluding hydrogens is 294 g/mol. The van der Waals surface area contributed by atoms with Crippen molar-refractivity contribution in [3.63, 3.8) is 0 Å². The third-order valence-electron chi connectivity index (χ3n) is 3.83. The number of nitrogens with one attached hydrogen (secondary N) is 1. The van der Waals surface area contributed by atoms with E-state index in [0.29, 0.717) is 0 Å². The minimum absolute atomic E-state index is 0.0350. The van der Waals surface area contributed by atoms with Crippen LogP contribution in [0.1, 0.15) is 49.9 Å². The molecule has 1 N–H and O–H groups in total. The number of hydrogen-bond donors (Lipinski definition) is 1. The molecule has 0 aliphatic heterocycles. The number of nitro groups is 1. The SMILES string of the molecule is CC1(C)CCCC(NC(=O)c2cc(Cl)ncc2[N+](=O)[O-])C1. The quantitative estimate of drug-likeness (QED) is 0.527. The van der Waals surface area contributed by atoms with Crippen molar-refractivity contribution >= 4 is 23.2 Å². The maximum Gasteiger partial charge on any atom is 0.300 e. The standard InChI is InChI=1S/C14H18ClN3O3/c1-14(2)5-3-4-9(7-14)17-13(19)10-6-12(15)16-8-11(10)18(20)21/h6,8-9H,3-5,7H2,1-2H3,(H,17,19). The van der Waals surface area contributed by atoms with Crippen molar-refractivity contribution in [2.75, 3.05) is 0 Å². The highest BCUT2D eigenvalue weighted by Crippen LogP contribution is 2.35. The van der Waals surface area contributed by atoms with E-state index in [-0.39, 0.29) is 27.9 Å². The number of nitrogens with zero attached hydrogens (tertiary/aromatic N) is 2. The van der Waals surface area contributed by atoms with Gasteiger partial charge in [0.15, 0.2) is 0 Å². The molecule has 21 heavy (non-hydrogen) atoms. The number of hydrogen-bond acceptors (Lipinski definition) is 4. The first-order chi connectivity index (χ1) is 9.78. The minimum atomic E-state index is -0.622. The Labute approximate surface area is 128 Å². The van der Waals surface area contributed by atoms with Crippen LogP contribution in [-0.4, -0.2) is 21.9 Å². The lowest BCUT2D eigenvalue weighted by Gasteiger charge is -2.35. The van der Waals surface area contributed by atoms with Crippen molar-refractivity contribution < 1.29 is 9.72 Å². The monoisotopic (exact) mass is 311 g/mol. The lowest BCUT2D eigenvalue weighted by molar-refractivity contribution is -0.385. The van der Waals surface area contributed by atoms with Gasteiger partial charge in [0.25, 0.3) is 11.6 Å². The van der Waals surface area contributed by atoms with Gasteiger partial charge in [0.05, 0.1) is 4.92 Å². The Morgan fingerprint density at radius 2 is 2.29 bits per heavy atom. The maximum atomic E-state index is 12.3. The van der Waals surface area contributed by atoms with Gasteiger partial charge < -0.3 is 5.32 Å². The second-order valence-corrected chi connectivity index (χ2v) is 6.60. The highest BCUT2D eigenvalue weighted by molar-refractivity contribution is 6.29. The zero-order chi connectivity index (χ0) is 15.6. The molecule has 0 radical (unpaired) electrons. The van der Waals surface area contributed by atoms with E-state index in [0.717, 1.165) is 31.9 Å². The Bertz CT molecular complexity index is 575. The molecule has 0 aromatic carbocycles. The highest BCUT2D eigenvalue weighted by atomic mass is 35.5. The van der Waals surface area contributed by atoms with E-state index < -0.39 is 10.8 Å². The van der Waals surface area contributed by atoms with E-state index in [1.807, 2.05) is 0 Å². The van der Waals surface area contributed by atoms with E-state index in [1.54, 1.807) is 0 Å². The van der Waals surface area contributed by atoms with Gasteiger partial charge in [0.1, 0.15) is 16.9 Å². The molecule has 0 bridgehead atoms. The zero-order valence-corrected chi connectivity index (χ0v) is 12.8. The Morgan fingerprint density at radius 3 is 2.90 bits per heavy atom. The maximum absolute atomic E-state index is 12.3. The van der Waals surface area contributed by atoms with Gasteiger partial charge in [-0.2, -0.15) is 0 Å². The molecule has 1 heterocycles. The Balaban J connectivity index is 2.17. The summed E-state index contributed by atoms with van der Waals surface area (Å²) < 4.78 is 0. The number of halogens is 1. The summed E-state index contributed by atoms with van der Waals surface area (Å²) in [5.74, 6) is -0.464. The van der Waals surface area contributed by atoms with Gasteiger partial charge >= 0.3 is 0 Å². The Morgan fingerprint density at radius 1 is 1.57 bits per heavy atom. The number of rotatable bonds is 3. The Hall–Kier alpha value is -1.69. The van der Waals surface area contributed by atoms with Gasteiger partial charge in [-0.3, -0.25) is 14.9 Å². The van der Waals surface area contributed by atoms with Crippen LogP contribution in [0.3, 0.4) is 0 Å². The molecule has 6 nitrogen and oxygen atoms in total. The van der Waals surface area contributed by atoms with Crippen LogP contribution >= 0.6 is 11.6 Å². The number of carbonyl (C=O) groups excluding carboxylic acids is 1. The Kier molecular flexibility index (Phi) is 4.46. The second kappa shape index (κ2) is 5.97. The summed E-state index contributed by atoms with van der Waals surface area (Å²) in [5, 5.41) is 13.9. The molecule has 1 aliphatic carbocycles. The lowest BCUT2D eigenvalue weighted by Crippen LogP contribution is -2.40. The van der Waals surface area contributed by atoms with Crippen LogP contribution in [0.4, 0.5) is 5.69 Å². The van der Waals surface area contributed by atoms with Crippen molar-refractivity contribution in [3.8, 4) is 0 Å². The van der Waals surface area contributed by atoms with Crippen LogP contribution in [0.5, 0.6) is 0 Å². The first-order valence-corrected chi connectivity index (χ1v) is 7.27. The number of carbonyl (C=O) groups is 1. The van der Waals surface area contributed by atoms with Gasteiger partial charge in [-0.15, -0.1) is 0 Å². The van der Waals surface area contributed by atoms with Crippen LogP contribution in [0.2, 0.25) is 5.15 Å². The molecular formula is C14H18ClN3O3. The van der Waals surface area contributed by atoms with Crippen LogP contribution in [0.15, 0.2) is 12.3 Å². The predicted octanol–water partition coefficient (Wildman–Crippen LogP) is 3.34. The summed E-state index contributed by atoms with van der Waals surface area (Å²) in [4.78, 5) is 26.3. The van der Waals surface area contributed by atoms with E-state index in [9.17, 15) is 14.9 Å². The molecule has 1 atom stereocenters. The molecule has 0 saturated heterocycles. The van der Waals surface area contributed by atoms with Crippen LogP contribution < -0.4 is 5.32 Å². The molecule has 1 fully saturated rings. The molecule has 1 aromatic heterocycles. The summed E-state index contributed by atoms with van der Waals surface area (Å²) in [6.45, 7) is 4.33. The van der Waals surface area contributed by atoms with Crippen molar-refractivity contribution in [2.24, 2.45) is 5.41 Å². The third kappa shape index (κ3) is 3.91. The van der Waals surface area contributed by atoms with Crippen LogP contribution in [0, 0.1) is 15.5 Å².